The first-order chi connectivity index (χ1) is 27.4. The zero-order chi connectivity index (χ0) is 38.2. The zero-order valence-corrected chi connectivity index (χ0v) is 31.7. The summed E-state index contributed by atoms with van der Waals surface area (Å²) in [6, 6.07) is 62.2. The Kier molecular flexibility index (Phi) is 9.28. The van der Waals surface area contributed by atoms with Gasteiger partial charge in [-0.25, -0.2) is 14.4 Å². The van der Waals surface area contributed by atoms with E-state index in [4.69, 9.17) is 9.98 Å². The lowest BCUT2D eigenvalue weighted by molar-refractivity contribution is 0.622. The minimum atomic E-state index is -0.306. The molecule has 0 radical (unpaired) electrons. The van der Waals surface area contributed by atoms with Crippen LogP contribution in [0.3, 0.4) is 0 Å². The van der Waals surface area contributed by atoms with Gasteiger partial charge in [0.2, 0.25) is 0 Å². The van der Waals surface area contributed by atoms with Gasteiger partial charge in [-0.05, 0) is 82.8 Å². The summed E-state index contributed by atoms with van der Waals surface area (Å²) >= 11 is 0. The van der Waals surface area contributed by atoms with Crippen molar-refractivity contribution in [2.75, 3.05) is 0 Å². The Morgan fingerprint density at radius 1 is 0.411 bits per heavy atom. The maximum absolute atomic E-state index is 16.7. The predicted octanol–water partition coefficient (Wildman–Crippen LogP) is 13.5. The second-order valence-corrected chi connectivity index (χ2v) is 14.8. The molecule has 2 nitrogen and oxygen atoms in total. The van der Waals surface area contributed by atoms with Gasteiger partial charge in [0.15, 0.2) is 0 Å². The van der Waals surface area contributed by atoms with Crippen molar-refractivity contribution in [1.82, 2.24) is 0 Å². The van der Waals surface area contributed by atoms with Gasteiger partial charge in [-0.15, -0.1) is 0 Å². The van der Waals surface area contributed by atoms with Crippen LogP contribution in [0.5, 0.6) is 0 Å². The Labute approximate surface area is 328 Å². The third-order valence-corrected chi connectivity index (χ3v) is 11.0. The molecule has 0 aromatic heterocycles. The molecule has 0 amide bonds. The van der Waals surface area contributed by atoms with Crippen molar-refractivity contribution in [1.29, 1.82) is 0 Å². The van der Waals surface area contributed by atoms with Crippen molar-refractivity contribution in [2.24, 2.45) is 9.98 Å². The summed E-state index contributed by atoms with van der Waals surface area (Å²) in [5.74, 6) is -0.913. The lowest BCUT2D eigenvalue weighted by Gasteiger charge is -2.26. The molecule has 0 saturated carbocycles. The topological polar surface area (TPSA) is 24.7 Å². The molecule has 1 aliphatic rings. The van der Waals surface area contributed by atoms with Gasteiger partial charge in [-0.1, -0.05) is 175 Å². The van der Waals surface area contributed by atoms with Crippen molar-refractivity contribution in [3.05, 3.63) is 249 Å². The van der Waals surface area contributed by atoms with Crippen molar-refractivity contribution < 1.29 is 4.39 Å². The lowest BCUT2D eigenvalue weighted by atomic mass is 9.79. The van der Waals surface area contributed by atoms with E-state index < -0.39 is 0 Å². The van der Waals surface area contributed by atoms with Crippen LogP contribution >= 0.6 is 0 Å². The molecule has 8 aromatic rings. The van der Waals surface area contributed by atoms with E-state index in [0.29, 0.717) is 0 Å². The Balaban J connectivity index is 1.42. The number of halogens is 1. The summed E-state index contributed by atoms with van der Waals surface area (Å²) in [6.07, 6.45) is 0. The highest BCUT2D eigenvalue weighted by atomic mass is 19.1. The molecular formula is C53H41FN2. The number of benzene rings is 8. The lowest BCUT2D eigenvalue weighted by Crippen LogP contribution is -2.14. The highest BCUT2D eigenvalue weighted by Gasteiger charge is 2.32. The van der Waals surface area contributed by atoms with Crippen LogP contribution in [-0.2, 0) is 0 Å². The second-order valence-electron chi connectivity index (χ2n) is 14.8. The molecule has 1 aliphatic carbocycles. The van der Waals surface area contributed by atoms with Gasteiger partial charge < -0.3 is 0 Å². The molecular weight excluding hydrogens is 684 g/mol. The second kappa shape index (κ2) is 14.8. The molecule has 0 N–H and O–H groups in total. The van der Waals surface area contributed by atoms with Crippen molar-refractivity contribution >= 4 is 33.6 Å². The molecule has 8 aromatic carbocycles. The fourth-order valence-corrected chi connectivity index (χ4v) is 8.69. The van der Waals surface area contributed by atoms with Gasteiger partial charge in [0.05, 0.1) is 22.8 Å². The van der Waals surface area contributed by atoms with Gasteiger partial charge in [-0.2, -0.15) is 0 Å². The third-order valence-electron chi connectivity index (χ3n) is 11.0. The van der Waals surface area contributed by atoms with Crippen molar-refractivity contribution in [2.45, 2.75) is 32.6 Å². The van der Waals surface area contributed by atoms with E-state index in [-0.39, 0.29) is 17.7 Å². The number of hydrogen-bond acceptors (Lipinski definition) is 2. The van der Waals surface area contributed by atoms with Crippen LogP contribution in [0.25, 0.3) is 10.8 Å². The summed E-state index contributed by atoms with van der Waals surface area (Å²) < 4.78 is 16.7. The van der Waals surface area contributed by atoms with Crippen LogP contribution in [0, 0.1) is 26.6 Å². The molecule has 0 bridgehead atoms. The average molecular weight is 725 g/mol. The summed E-state index contributed by atoms with van der Waals surface area (Å²) in [5.41, 5.74) is 14.6. The fraction of sp³-hybridized carbons (Fsp3) is 0.0943. The van der Waals surface area contributed by atoms with E-state index in [1.165, 1.54) is 5.56 Å². The Bertz CT molecular complexity index is 2560. The van der Waals surface area contributed by atoms with Crippen molar-refractivity contribution in [3.8, 4) is 0 Å². The van der Waals surface area contributed by atoms with Crippen LogP contribution < -0.4 is 0 Å². The summed E-state index contributed by atoms with van der Waals surface area (Å²) in [4.78, 5) is 11.4. The van der Waals surface area contributed by atoms with E-state index in [1.54, 1.807) is 12.1 Å². The Morgan fingerprint density at radius 2 is 0.786 bits per heavy atom. The molecule has 0 fully saturated rings. The molecule has 9 rings (SSSR count). The van der Waals surface area contributed by atoms with Crippen LogP contribution in [0.1, 0.15) is 73.0 Å². The summed E-state index contributed by atoms with van der Waals surface area (Å²) in [5, 5.41) is 2.26. The van der Waals surface area contributed by atoms with Crippen molar-refractivity contribution in [3.63, 3.8) is 0 Å². The number of aryl methyl sites for hydroxylation is 3. The molecule has 3 heteroatoms. The molecule has 56 heavy (non-hydrogen) atoms. The molecule has 0 saturated heterocycles. The van der Waals surface area contributed by atoms with E-state index in [0.717, 1.165) is 89.2 Å². The molecule has 0 atom stereocenters. The molecule has 0 spiro atoms. The van der Waals surface area contributed by atoms with E-state index >= 15 is 4.39 Å². The number of aliphatic imine (C=N–C) groups is 2. The minimum absolute atomic E-state index is 0.302. The average Bonchev–Trinajstić information content (AvgIpc) is 3.52. The minimum Gasteiger partial charge on any atom is -0.246 e. The van der Waals surface area contributed by atoms with E-state index in [2.05, 4.69) is 166 Å². The van der Waals surface area contributed by atoms with Crippen LogP contribution in [0.15, 0.2) is 192 Å². The molecule has 270 valence electrons. The van der Waals surface area contributed by atoms with Gasteiger partial charge in [0.25, 0.3) is 0 Å². The van der Waals surface area contributed by atoms with Crippen LogP contribution in [0.4, 0.5) is 15.8 Å². The SMILES string of the molecule is Cc1cc(C)c(N=C2C(=Nc3c(C(c4ccccc4)c4ccccc4)cc(F)cc3C(c3ccccc3)c3ccccc3)c3cccc4cccc2c34)c(C)c1. The Hall–Kier alpha value is -6.71. The number of rotatable bonds is 8. The predicted molar refractivity (Wildman–Crippen MR) is 231 cm³/mol. The fourth-order valence-electron chi connectivity index (χ4n) is 8.69. The van der Waals surface area contributed by atoms with Crippen LogP contribution in [0.2, 0.25) is 0 Å². The van der Waals surface area contributed by atoms with Gasteiger partial charge >= 0.3 is 0 Å². The zero-order valence-electron chi connectivity index (χ0n) is 31.7. The first-order valence-corrected chi connectivity index (χ1v) is 19.3. The maximum atomic E-state index is 16.7. The first-order valence-electron chi connectivity index (χ1n) is 19.3. The van der Waals surface area contributed by atoms with Gasteiger partial charge in [0, 0.05) is 28.3 Å². The molecule has 0 heterocycles. The Morgan fingerprint density at radius 3 is 1.18 bits per heavy atom. The van der Waals surface area contributed by atoms with E-state index in [9.17, 15) is 0 Å². The normalized spacial score (nSPS) is 13.8. The van der Waals surface area contributed by atoms with Gasteiger partial charge in [0.1, 0.15) is 5.82 Å². The number of hydrogen-bond donors (Lipinski definition) is 0. The highest BCUT2D eigenvalue weighted by molar-refractivity contribution is 6.61. The quantitative estimate of drug-likeness (QED) is 0.139. The summed E-state index contributed by atoms with van der Waals surface area (Å²) in [7, 11) is 0. The first kappa shape index (κ1) is 35.0. The monoisotopic (exact) mass is 724 g/mol. The van der Waals surface area contributed by atoms with E-state index in [1.807, 2.05) is 24.3 Å². The maximum Gasteiger partial charge on any atom is 0.123 e. The van der Waals surface area contributed by atoms with Crippen LogP contribution in [-0.4, -0.2) is 11.4 Å². The van der Waals surface area contributed by atoms with Gasteiger partial charge in [-0.3, -0.25) is 0 Å². The standard InChI is InChI=1S/C53H41FN2/c1-34-30-35(2)50(36(3)31-34)55-52-43-28-16-26-41-27-17-29-44(49(41)43)53(52)56-51-45(47(37-18-8-4-9-19-37)38-20-10-5-11-21-38)32-42(54)33-46(51)48(39-22-12-6-13-23-39)40-24-14-7-15-25-40/h4-33,47-48H,1-3H3. The summed E-state index contributed by atoms with van der Waals surface area (Å²) in [6.45, 7) is 6.38. The molecule has 0 aliphatic heterocycles. The number of nitrogens with zero attached hydrogens (tertiary/aromatic N) is 2. The largest absolute Gasteiger partial charge is 0.246 e. The smallest absolute Gasteiger partial charge is 0.123 e. The molecule has 0 unspecified atom stereocenters. The third kappa shape index (κ3) is 6.46. The highest BCUT2D eigenvalue weighted by Crippen LogP contribution is 2.46.